The summed E-state index contributed by atoms with van der Waals surface area (Å²) < 4.78 is 0. The molecule has 2 atom stereocenters. The molecular weight excluding hydrogens is 244 g/mol. The summed E-state index contributed by atoms with van der Waals surface area (Å²) in [5, 5.41) is 5.06. The minimum absolute atomic E-state index is 0.0899. The van der Waals surface area contributed by atoms with Crippen molar-refractivity contribution >= 4 is 17.2 Å². The summed E-state index contributed by atoms with van der Waals surface area (Å²) >= 11 is 1.73. The summed E-state index contributed by atoms with van der Waals surface area (Å²) in [6.07, 6.45) is 3.87. The zero-order chi connectivity index (χ0) is 13.4. The standard InChI is InChI=1S/C14H24N2OS/c1-11(5-3-6-12(2)15)14(17)16-9-8-13-7-4-10-18-13/h4,7,10-12H,3,5-6,8-9,15H2,1-2H3,(H,16,17). The molecule has 0 aliphatic carbocycles. The van der Waals surface area contributed by atoms with Gasteiger partial charge in [0.25, 0.3) is 0 Å². The second-order valence-corrected chi connectivity index (χ2v) is 5.96. The van der Waals surface area contributed by atoms with Crippen molar-refractivity contribution in [2.45, 2.75) is 45.6 Å². The molecule has 0 spiro atoms. The molecule has 0 saturated carbocycles. The average molecular weight is 268 g/mol. The third-order valence-corrected chi connectivity index (χ3v) is 3.93. The number of hydrogen-bond acceptors (Lipinski definition) is 3. The van der Waals surface area contributed by atoms with Crippen LogP contribution in [0.2, 0.25) is 0 Å². The van der Waals surface area contributed by atoms with Crippen molar-refractivity contribution in [2.75, 3.05) is 6.54 Å². The molecule has 0 radical (unpaired) electrons. The Bertz CT molecular complexity index is 336. The Balaban J connectivity index is 2.11. The van der Waals surface area contributed by atoms with Gasteiger partial charge in [-0.3, -0.25) is 4.79 Å². The van der Waals surface area contributed by atoms with Crippen LogP contribution in [0.3, 0.4) is 0 Å². The van der Waals surface area contributed by atoms with E-state index < -0.39 is 0 Å². The summed E-state index contributed by atoms with van der Waals surface area (Å²) in [5.41, 5.74) is 5.69. The van der Waals surface area contributed by atoms with E-state index in [0.717, 1.165) is 32.2 Å². The Morgan fingerprint density at radius 2 is 2.22 bits per heavy atom. The molecule has 2 unspecified atom stereocenters. The maximum absolute atomic E-state index is 11.8. The number of nitrogens with one attached hydrogen (secondary N) is 1. The fourth-order valence-electron chi connectivity index (χ4n) is 1.82. The molecule has 1 amide bonds. The molecule has 0 bridgehead atoms. The SMILES string of the molecule is CC(N)CCCC(C)C(=O)NCCc1cccs1. The smallest absolute Gasteiger partial charge is 0.222 e. The fourth-order valence-corrected chi connectivity index (χ4v) is 2.52. The number of thiophene rings is 1. The van der Waals surface area contributed by atoms with Crippen LogP contribution in [0.5, 0.6) is 0 Å². The molecular formula is C14H24N2OS. The maximum atomic E-state index is 11.8. The van der Waals surface area contributed by atoms with Crippen LogP contribution >= 0.6 is 11.3 Å². The van der Waals surface area contributed by atoms with Crippen molar-refractivity contribution in [1.82, 2.24) is 5.32 Å². The van der Waals surface area contributed by atoms with Crippen molar-refractivity contribution in [1.29, 1.82) is 0 Å². The highest BCUT2D eigenvalue weighted by Crippen LogP contribution is 2.10. The molecule has 1 aromatic heterocycles. The molecule has 1 heterocycles. The van der Waals surface area contributed by atoms with Gasteiger partial charge >= 0.3 is 0 Å². The zero-order valence-corrected chi connectivity index (χ0v) is 12.1. The molecule has 1 rings (SSSR count). The third kappa shape index (κ3) is 6.17. The highest BCUT2D eigenvalue weighted by molar-refractivity contribution is 7.09. The van der Waals surface area contributed by atoms with E-state index in [2.05, 4.69) is 16.8 Å². The number of nitrogens with two attached hydrogens (primary N) is 1. The van der Waals surface area contributed by atoms with Gasteiger partial charge in [0, 0.05) is 23.4 Å². The average Bonchev–Trinajstić information content (AvgIpc) is 2.81. The largest absolute Gasteiger partial charge is 0.356 e. The third-order valence-electron chi connectivity index (χ3n) is 2.99. The number of hydrogen-bond donors (Lipinski definition) is 2. The van der Waals surface area contributed by atoms with E-state index in [-0.39, 0.29) is 17.9 Å². The molecule has 0 aliphatic heterocycles. The first-order valence-electron chi connectivity index (χ1n) is 6.65. The maximum Gasteiger partial charge on any atom is 0.222 e. The van der Waals surface area contributed by atoms with Crippen LogP contribution in [0, 0.1) is 5.92 Å². The molecule has 4 heteroatoms. The number of amides is 1. The lowest BCUT2D eigenvalue weighted by molar-refractivity contribution is -0.124. The van der Waals surface area contributed by atoms with E-state index in [1.807, 2.05) is 19.9 Å². The molecule has 0 fully saturated rings. The molecule has 18 heavy (non-hydrogen) atoms. The predicted octanol–water partition coefficient (Wildman–Crippen LogP) is 2.56. The molecule has 0 saturated heterocycles. The van der Waals surface area contributed by atoms with E-state index in [1.165, 1.54) is 4.88 Å². The Morgan fingerprint density at radius 3 is 2.83 bits per heavy atom. The molecule has 3 nitrogen and oxygen atoms in total. The van der Waals surface area contributed by atoms with Crippen molar-refractivity contribution in [3.8, 4) is 0 Å². The van der Waals surface area contributed by atoms with Crippen LogP contribution in [-0.4, -0.2) is 18.5 Å². The molecule has 0 aliphatic rings. The van der Waals surface area contributed by atoms with Gasteiger partial charge in [0.15, 0.2) is 0 Å². The summed E-state index contributed by atoms with van der Waals surface area (Å²) in [5.74, 6) is 0.253. The lowest BCUT2D eigenvalue weighted by Crippen LogP contribution is -2.31. The minimum Gasteiger partial charge on any atom is -0.356 e. The van der Waals surface area contributed by atoms with Crippen LogP contribution in [0.15, 0.2) is 17.5 Å². The number of carbonyl (C=O) groups excluding carboxylic acids is 1. The highest BCUT2D eigenvalue weighted by Gasteiger charge is 2.12. The first-order chi connectivity index (χ1) is 8.59. The van der Waals surface area contributed by atoms with E-state index in [4.69, 9.17) is 5.73 Å². The van der Waals surface area contributed by atoms with Gasteiger partial charge in [-0.2, -0.15) is 0 Å². The van der Waals surface area contributed by atoms with Gasteiger partial charge in [-0.25, -0.2) is 0 Å². The summed E-state index contributed by atoms with van der Waals surface area (Å²) in [4.78, 5) is 13.1. The van der Waals surface area contributed by atoms with Gasteiger partial charge in [0.05, 0.1) is 0 Å². The molecule has 0 aromatic carbocycles. The second-order valence-electron chi connectivity index (χ2n) is 4.93. The van der Waals surface area contributed by atoms with Gasteiger partial charge in [-0.1, -0.05) is 19.4 Å². The summed E-state index contributed by atoms with van der Waals surface area (Å²) in [7, 11) is 0. The highest BCUT2D eigenvalue weighted by atomic mass is 32.1. The Morgan fingerprint density at radius 1 is 1.44 bits per heavy atom. The first-order valence-corrected chi connectivity index (χ1v) is 7.53. The van der Waals surface area contributed by atoms with Crippen molar-refractivity contribution in [2.24, 2.45) is 11.7 Å². The first kappa shape index (κ1) is 15.2. The van der Waals surface area contributed by atoms with Gasteiger partial charge < -0.3 is 11.1 Å². The van der Waals surface area contributed by atoms with E-state index in [1.54, 1.807) is 11.3 Å². The van der Waals surface area contributed by atoms with E-state index in [9.17, 15) is 4.79 Å². The minimum atomic E-state index is 0.0899. The molecule has 102 valence electrons. The predicted molar refractivity (Wildman–Crippen MR) is 77.7 cm³/mol. The monoisotopic (exact) mass is 268 g/mol. The normalized spacial score (nSPS) is 14.2. The molecule has 1 aromatic rings. The van der Waals surface area contributed by atoms with Crippen LogP contribution in [0.4, 0.5) is 0 Å². The van der Waals surface area contributed by atoms with Crippen LogP contribution in [-0.2, 0) is 11.2 Å². The second kappa shape index (κ2) is 8.27. The lowest BCUT2D eigenvalue weighted by atomic mass is 10.0. The van der Waals surface area contributed by atoms with Gasteiger partial charge in [-0.05, 0) is 37.6 Å². The Labute approximate surface area is 114 Å². The van der Waals surface area contributed by atoms with Gasteiger partial charge in [0.2, 0.25) is 5.91 Å². The Kier molecular flexibility index (Phi) is 6.98. The van der Waals surface area contributed by atoms with Crippen LogP contribution in [0.1, 0.15) is 38.0 Å². The lowest BCUT2D eigenvalue weighted by Gasteiger charge is -2.12. The van der Waals surface area contributed by atoms with Crippen molar-refractivity contribution < 1.29 is 4.79 Å². The quantitative estimate of drug-likeness (QED) is 0.761. The summed E-state index contributed by atoms with van der Waals surface area (Å²) in [6.45, 7) is 4.73. The van der Waals surface area contributed by atoms with Gasteiger partial charge in [0.1, 0.15) is 0 Å². The van der Waals surface area contributed by atoms with Gasteiger partial charge in [-0.15, -0.1) is 11.3 Å². The number of carbonyl (C=O) groups is 1. The van der Waals surface area contributed by atoms with E-state index >= 15 is 0 Å². The molecule has 3 N–H and O–H groups in total. The van der Waals surface area contributed by atoms with Crippen LogP contribution < -0.4 is 11.1 Å². The Hall–Kier alpha value is -0.870. The topological polar surface area (TPSA) is 55.1 Å². The van der Waals surface area contributed by atoms with Crippen LogP contribution in [0.25, 0.3) is 0 Å². The zero-order valence-electron chi connectivity index (χ0n) is 11.3. The number of rotatable bonds is 8. The summed E-state index contributed by atoms with van der Waals surface area (Å²) in [6, 6.07) is 4.38. The van der Waals surface area contributed by atoms with E-state index in [0.29, 0.717) is 0 Å². The van der Waals surface area contributed by atoms with Crippen molar-refractivity contribution in [3.63, 3.8) is 0 Å². The fraction of sp³-hybridized carbons (Fsp3) is 0.643. The van der Waals surface area contributed by atoms with Crippen molar-refractivity contribution in [3.05, 3.63) is 22.4 Å².